The summed E-state index contributed by atoms with van der Waals surface area (Å²) in [7, 11) is 0. The molecule has 152 valence electrons. The third kappa shape index (κ3) is 2.98. The Morgan fingerprint density at radius 3 is 2.81 bits per heavy atom. The molecule has 0 unspecified atom stereocenters. The van der Waals surface area contributed by atoms with Crippen molar-refractivity contribution < 1.29 is 18.7 Å². The van der Waals surface area contributed by atoms with Gasteiger partial charge in [0.2, 0.25) is 6.79 Å². The van der Waals surface area contributed by atoms with Crippen molar-refractivity contribution in [3.8, 4) is 22.8 Å². The van der Waals surface area contributed by atoms with Gasteiger partial charge < -0.3 is 24.2 Å². The molecule has 0 bridgehead atoms. The molecule has 2 N–H and O–H groups in total. The summed E-state index contributed by atoms with van der Waals surface area (Å²) in [5.41, 5.74) is 3.69. The molecule has 3 aromatic heterocycles. The molecule has 0 saturated heterocycles. The van der Waals surface area contributed by atoms with Gasteiger partial charge in [0.25, 0.3) is 5.91 Å². The van der Waals surface area contributed by atoms with Crippen LogP contribution in [0, 0.1) is 0 Å². The standard InChI is InChI=1S/C24H17N3O4/c28-24(25-12-15-4-3-9-29-15)19-11-17-16-5-1-2-6-18(16)26-23(17)22(27-19)14-7-8-20-21(10-14)31-13-30-20/h1-11,26H,12-13H2,(H,25,28). The number of carbonyl (C=O) groups excluding carboxylic acids is 1. The van der Waals surface area contributed by atoms with Gasteiger partial charge in [-0.2, -0.15) is 0 Å². The molecule has 0 saturated carbocycles. The Morgan fingerprint density at radius 2 is 1.90 bits per heavy atom. The van der Waals surface area contributed by atoms with Crippen molar-refractivity contribution in [3.63, 3.8) is 0 Å². The number of fused-ring (bicyclic) bond motifs is 4. The van der Waals surface area contributed by atoms with Crippen LogP contribution < -0.4 is 14.8 Å². The molecule has 0 radical (unpaired) electrons. The van der Waals surface area contributed by atoms with Crippen molar-refractivity contribution in [2.24, 2.45) is 0 Å². The number of aromatic nitrogens is 2. The van der Waals surface area contributed by atoms with E-state index in [-0.39, 0.29) is 12.7 Å². The predicted octanol–water partition coefficient (Wildman–Crippen LogP) is 4.63. The number of hydrogen-bond acceptors (Lipinski definition) is 5. The van der Waals surface area contributed by atoms with Crippen molar-refractivity contribution in [2.45, 2.75) is 6.54 Å². The Hall–Kier alpha value is -4.26. The third-order valence-electron chi connectivity index (χ3n) is 5.38. The van der Waals surface area contributed by atoms with Gasteiger partial charge >= 0.3 is 0 Å². The summed E-state index contributed by atoms with van der Waals surface area (Å²) >= 11 is 0. The van der Waals surface area contributed by atoms with E-state index < -0.39 is 0 Å². The van der Waals surface area contributed by atoms with Crippen LogP contribution in [0.25, 0.3) is 33.1 Å². The topological polar surface area (TPSA) is 89.4 Å². The van der Waals surface area contributed by atoms with Crippen molar-refractivity contribution in [3.05, 3.63) is 78.4 Å². The third-order valence-corrected chi connectivity index (χ3v) is 5.38. The van der Waals surface area contributed by atoms with E-state index in [4.69, 9.17) is 18.9 Å². The van der Waals surface area contributed by atoms with Crippen LogP contribution in [-0.4, -0.2) is 22.7 Å². The minimum absolute atomic E-state index is 0.198. The number of rotatable bonds is 4. The summed E-state index contributed by atoms with van der Waals surface area (Å²) in [5.74, 6) is 1.77. The number of aromatic amines is 1. The first-order valence-electron chi connectivity index (χ1n) is 9.88. The van der Waals surface area contributed by atoms with Gasteiger partial charge in [-0.1, -0.05) is 18.2 Å². The monoisotopic (exact) mass is 411 g/mol. The highest BCUT2D eigenvalue weighted by Gasteiger charge is 2.20. The minimum atomic E-state index is -0.273. The fraction of sp³-hybridized carbons (Fsp3) is 0.0833. The average Bonchev–Trinajstić information content (AvgIpc) is 3.55. The van der Waals surface area contributed by atoms with Crippen molar-refractivity contribution in [1.82, 2.24) is 15.3 Å². The Balaban J connectivity index is 1.50. The Labute approximate surface area is 176 Å². The number of hydrogen-bond donors (Lipinski definition) is 2. The second-order valence-electron chi connectivity index (χ2n) is 7.28. The Morgan fingerprint density at radius 1 is 1.00 bits per heavy atom. The first-order valence-corrected chi connectivity index (χ1v) is 9.88. The summed E-state index contributed by atoms with van der Waals surface area (Å²) in [4.78, 5) is 21.1. The van der Waals surface area contributed by atoms with Crippen LogP contribution >= 0.6 is 0 Å². The van der Waals surface area contributed by atoms with E-state index in [2.05, 4.69) is 10.3 Å². The maximum absolute atomic E-state index is 12.9. The zero-order chi connectivity index (χ0) is 20.8. The lowest BCUT2D eigenvalue weighted by molar-refractivity contribution is 0.0943. The normalized spacial score (nSPS) is 12.5. The van der Waals surface area contributed by atoms with E-state index in [1.807, 2.05) is 54.6 Å². The van der Waals surface area contributed by atoms with Crippen LogP contribution in [-0.2, 0) is 6.54 Å². The number of amides is 1. The maximum Gasteiger partial charge on any atom is 0.270 e. The second kappa shape index (κ2) is 6.91. The Kier molecular flexibility index (Phi) is 3.92. The molecule has 5 aromatic rings. The fourth-order valence-electron chi connectivity index (χ4n) is 3.89. The van der Waals surface area contributed by atoms with Gasteiger partial charge in [0, 0.05) is 21.9 Å². The molecular weight excluding hydrogens is 394 g/mol. The molecule has 0 atom stereocenters. The van der Waals surface area contributed by atoms with E-state index in [1.165, 1.54) is 0 Å². The molecular formula is C24H17N3O4. The number of benzene rings is 2. The fourth-order valence-corrected chi connectivity index (χ4v) is 3.89. The number of pyridine rings is 1. The van der Waals surface area contributed by atoms with Gasteiger partial charge in [-0.15, -0.1) is 0 Å². The van der Waals surface area contributed by atoms with Crippen LogP contribution in [0.5, 0.6) is 11.5 Å². The van der Waals surface area contributed by atoms with E-state index in [1.54, 1.807) is 12.3 Å². The van der Waals surface area contributed by atoms with Gasteiger partial charge in [0.05, 0.1) is 24.0 Å². The lowest BCUT2D eigenvalue weighted by Gasteiger charge is -2.09. The van der Waals surface area contributed by atoms with Crippen molar-refractivity contribution >= 4 is 27.7 Å². The van der Waals surface area contributed by atoms with E-state index >= 15 is 0 Å². The molecule has 6 rings (SSSR count). The predicted molar refractivity (Wildman–Crippen MR) is 115 cm³/mol. The first-order chi connectivity index (χ1) is 15.3. The van der Waals surface area contributed by atoms with E-state index in [0.29, 0.717) is 35.2 Å². The largest absolute Gasteiger partial charge is 0.467 e. The summed E-state index contributed by atoms with van der Waals surface area (Å²) in [6, 6.07) is 19.1. The molecule has 2 aromatic carbocycles. The van der Waals surface area contributed by atoms with Gasteiger partial charge in [0.1, 0.15) is 11.5 Å². The minimum Gasteiger partial charge on any atom is -0.467 e. The lowest BCUT2D eigenvalue weighted by Crippen LogP contribution is -2.23. The van der Waals surface area contributed by atoms with E-state index in [0.717, 1.165) is 27.4 Å². The van der Waals surface area contributed by atoms with Gasteiger partial charge in [0.15, 0.2) is 11.5 Å². The van der Waals surface area contributed by atoms with Gasteiger partial charge in [-0.3, -0.25) is 4.79 Å². The number of carbonyl (C=O) groups is 1. The maximum atomic E-state index is 12.9. The van der Waals surface area contributed by atoms with Crippen LogP contribution in [0.3, 0.4) is 0 Å². The van der Waals surface area contributed by atoms with Crippen LogP contribution in [0.1, 0.15) is 16.2 Å². The molecule has 7 heteroatoms. The van der Waals surface area contributed by atoms with E-state index in [9.17, 15) is 4.79 Å². The SMILES string of the molecule is O=C(NCc1ccco1)c1cc2c([nH]c3ccccc32)c(-c2ccc3c(c2)OCO3)n1. The van der Waals surface area contributed by atoms with Gasteiger partial charge in [-0.25, -0.2) is 4.98 Å². The smallest absolute Gasteiger partial charge is 0.270 e. The van der Waals surface area contributed by atoms with Crippen LogP contribution in [0.15, 0.2) is 71.3 Å². The number of furan rings is 1. The molecule has 1 aliphatic rings. The van der Waals surface area contributed by atoms with Crippen molar-refractivity contribution in [1.29, 1.82) is 0 Å². The van der Waals surface area contributed by atoms with Crippen LogP contribution in [0.2, 0.25) is 0 Å². The molecule has 0 fully saturated rings. The zero-order valence-corrected chi connectivity index (χ0v) is 16.3. The highest BCUT2D eigenvalue weighted by Crippen LogP contribution is 2.38. The van der Waals surface area contributed by atoms with Crippen LogP contribution in [0.4, 0.5) is 0 Å². The summed E-state index contributed by atoms with van der Waals surface area (Å²) < 4.78 is 16.3. The highest BCUT2D eigenvalue weighted by molar-refractivity contribution is 6.13. The molecule has 0 spiro atoms. The molecule has 31 heavy (non-hydrogen) atoms. The number of para-hydroxylation sites is 1. The van der Waals surface area contributed by atoms with Crippen molar-refractivity contribution in [2.75, 3.05) is 6.79 Å². The van der Waals surface area contributed by atoms with Gasteiger partial charge in [-0.05, 0) is 42.5 Å². The highest BCUT2D eigenvalue weighted by atomic mass is 16.7. The number of H-pyrrole nitrogens is 1. The summed E-state index contributed by atoms with van der Waals surface area (Å²) in [5, 5.41) is 4.84. The first kappa shape index (κ1) is 17.6. The summed E-state index contributed by atoms with van der Waals surface area (Å²) in [6.07, 6.45) is 1.58. The summed E-state index contributed by atoms with van der Waals surface area (Å²) in [6.45, 7) is 0.488. The zero-order valence-electron chi connectivity index (χ0n) is 16.3. The quantitative estimate of drug-likeness (QED) is 0.450. The molecule has 4 heterocycles. The number of nitrogens with one attached hydrogen (secondary N) is 2. The number of nitrogens with zero attached hydrogens (tertiary/aromatic N) is 1. The second-order valence-corrected chi connectivity index (χ2v) is 7.28. The molecule has 0 aliphatic carbocycles. The molecule has 7 nitrogen and oxygen atoms in total. The molecule has 1 aliphatic heterocycles. The number of ether oxygens (including phenoxy) is 2. The molecule has 1 amide bonds. The Bertz CT molecular complexity index is 1440. The lowest BCUT2D eigenvalue weighted by atomic mass is 10.1. The average molecular weight is 411 g/mol.